The Hall–Kier alpha value is -3.96. The number of anilines is 1. The lowest BCUT2D eigenvalue weighted by Gasteiger charge is -2.16. The maximum Gasteiger partial charge on any atom is 0.326 e. The molecule has 0 amide bonds. The van der Waals surface area contributed by atoms with Gasteiger partial charge in [-0.2, -0.15) is 0 Å². The third kappa shape index (κ3) is 5.33. The Bertz CT molecular complexity index is 1460. The normalized spacial score (nSPS) is 13.0. The van der Waals surface area contributed by atoms with Crippen LogP contribution in [-0.2, 0) is 16.7 Å². The molecule has 34 heavy (non-hydrogen) atoms. The van der Waals surface area contributed by atoms with Gasteiger partial charge in [0.2, 0.25) is 0 Å². The van der Waals surface area contributed by atoms with Crippen LogP contribution >= 0.6 is 0 Å². The number of rotatable bonds is 6. The second-order valence-corrected chi connectivity index (χ2v) is 9.31. The first-order valence-corrected chi connectivity index (χ1v) is 12.2. The molecule has 3 aromatic carbocycles. The Kier molecular flexibility index (Phi) is 6.75. The number of nitrogens with zero attached hydrogens (tertiary/aromatic N) is 1. The number of hydrogen-bond acceptors (Lipinski definition) is 4. The molecule has 4 rings (SSSR count). The van der Waals surface area contributed by atoms with Crippen LogP contribution < -0.4 is 9.98 Å². The second kappa shape index (κ2) is 9.89. The minimum Gasteiger partial charge on any atom is -0.744 e. The summed E-state index contributed by atoms with van der Waals surface area (Å²) in [5.74, 6) is 0. The summed E-state index contributed by atoms with van der Waals surface area (Å²) in [4.78, 5) is -0.223. The van der Waals surface area contributed by atoms with E-state index in [1.165, 1.54) is 12.1 Å². The molecule has 3 aromatic rings. The summed E-state index contributed by atoms with van der Waals surface area (Å²) in [6.07, 6.45) is 7.99. The van der Waals surface area contributed by atoms with E-state index in [9.17, 15) is 13.0 Å². The van der Waals surface area contributed by atoms with Crippen molar-refractivity contribution >= 4 is 33.8 Å². The first-order chi connectivity index (χ1) is 16.3. The van der Waals surface area contributed by atoms with Crippen LogP contribution in [0.1, 0.15) is 22.3 Å². The van der Waals surface area contributed by atoms with Crippen molar-refractivity contribution in [3.05, 3.63) is 125 Å². The summed E-state index contributed by atoms with van der Waals surface area (Å²) in [7, 11) is -4.48. The number of nitrogens with one attached hydrogen (secondary N) is 1. The molecule has 0 saturated heterocycles. The molecule has 0 unspecified atom stereocenters. The highest BCUT2D eigenvalue weighted by Crippen LogP contribution is 2.31. The van der Waals surface area contributed by atoms with Gasteiger partial charge in [-0.1, -0.05) is 48.5 Å². The van der Waals surface area contributed by atoms with Crippen molar-refractivity contribution in [2.45, 2.75) is 18.4 Å². The van der Waals surface area contributed by atoms with Gasteiger partial charge in [0, 0.05) is 24.4 Å². The van der Waals surface area contributed by atoms with Crippen molar-refractivity contribution in [1.29, 1.82) is 0 Å². The van der Waals surface area contributed by atoms with E-state index in [2.05, 4.69) is 41.0 Å². The van der Waals surface area contributed by atoms with Gasteiger partial charge in [0.1, 0.15) is 10.1 Å². The van der Waals surface area contributed by atoms with Crippen LogP contribution in [-0.4, -0.2) is 25.4 Å². The molecule has 0 aromatic heterocycles. The highest BCUT2D eigenvalue weighted by atomic mass is 32.2. The fourth-order valence-corrected chi connectivity index (χ4v) is 4.41. The number of benzene rings is 3. The minimum atomic E-state index is -4.48. The standard InChI is InChI=1S/C28H24N2O3S/c1-20-17-24(13-16-27(20)30-19-21-7-6-10-26(18-21)34(31,32)33)28(22-8-4-3-5-9-22)23-11-14-25(29-2)15-12-23/h3-18H,2,19H2,1H3,(H,31,32,33). The molecule has 170 valence electrons. The molecule has 0 atom stereocenters. The van der Waals surface area contributed by atoms with Gasteiger partial charge in [0.05, 0.1) is 4.90 Å². The van der Waals surface area contributed by atoms with E-state index < -0.39 is 10.1 Å². The van der Waals surface area contributed by atoms with E-state index in [0.29, 0.717) is 12.1 Å². The zero-order valence-electron chi connectivity index (χ0n) is 18.7. The van der Waals surface area contributed by atoms with Crippen molar-refractivity contribution in [2.24, 2.45) is 0 Å². The quantitative estimate of drug-likeness (QED) is 0.324. The molecule has 0 saturated carbocycles. The van der Waals surface area contributed by atoms with Crippen LogP contribution in [0.2, 0.25) is 0 Å². The lowest BCUT2D eigenvalue weighted by Crippen LogP contribution is -2.04. The first kappa shape index (κ1) is 23.2. The van der Waals surface area contributed by atoms with Crippen LogP contribution in [0.3, 0.4) is 0 Å². The molecule has 1 N–H and O–H groups in total. The van der Waals surface area contributed by atoms with E-state index >= 15 is 0 Å². The van der Waals surface area contributed by atoms with Crippen LogP contribution in [0.15, 0.2) is 108 Å². The van der Waals surface area contributed by atoms with Gasteiger partial charge in [0.25, 0.3) is 6.72 Å². The molecule has 0 radical (unpaired) electrons. The van der Waals surface area contributed by atoms with Crippen LogP contribution in [0, 0.1) is 6.92 Å². The molecular weight excluding hydrogens is 444 g/mol. The van der Waals surface area contributed by atoms with E-state index in [1.807, 2.05) is 55.5 Å². The SMILES string of the molecule is C=[N+]=C1C=CC(=C(c2ccccc2)c2ccc(NCc3cccc(S(=O)(=O)[O-])c3)c(C)c2)C=C1. The van der Waals surface area contributed by atoms with E-state index in [-0.39, 0.29) is 4.90 Å². The summed E-state index contributed by atoms with van der Waals surface area (Å²) in [5, 5.41) is 3.34. The molecule has 6 heteroatoms. The number of allylic oxidation sites excluding steroid dienone is 5. The fraction of sp³-hybridized carbons (Fsp3) is 0.0714. The van der Waals surface area contributed by atoms with E-state index in [4.69, 9.17) is 0 Å². The van der Waals surface area contributed by atoms with Gasteiger partial charge < -0.3 is 9.87 Å². The highest BCUT2D eigenvalue weighted by Gasteiger charge is 2.14. The highest BCUT2D eigenvalue weighted by molar-refractivity contribution is 7.85. The lowest BCUT2D eigenvalue weighted by molar-refractivity contribution is 0.463. The average Bonchev–Trinajstić information content (AvgIpc) is 2.84. The van der Waals surface area contributed by atoms with Gasteiger partial charge in [-0.3, -0.25) is 0 Å². The number of hydrogen-bond donors (Lipinski definition) is 1. The maximum absolute atomic E-state index is 11.3. The Balaban J connectivity index is 1.65. The molecule has 0 bridgehead atoms. The predicted molar refractivity (Wildman–Crippen MR) is 138 cm³/mol. The first-order valence-electron chi connectivity index (χ1n) is 10.7. The second-order valence-electron chi connectivity index (χ2n) is 7.93. The molecule has 0 fully saturated rings. The molecule has 1 aliphatic rings. The number of aryl methyl sites for hydroxylation is 1. The molecule has 1 aliphatic carbocycles. The summed E-state index contributed by atoms with van der Waals surface area (Å²) in [6.45, 7) is 6.01. The van der Waals surface area contributed by atoms with Gasteiger partial charge >= 0.3 is 5.71 Å². The van der Waals surface area contributed by atoms with Gasteiger partial charge in [0.15, 0.2) is 0 Å². The topological polar surface area (TPSA) is 83.3 Å². The Labute approximate surface area is 200 Å². The largest absolute Gasteiger partial charge is 0.744 e. The Morgan fingerprint density at radius 2 is 1.65 bits per heavy atom. The molecule has 5 nitrogen and oxygen atoms in total. The predicted octanol–water partition coefficient (Wildman–Crippen LogP) is 4.65. The summed E-state index contributed by atoms with van der Waals surface area (Å²) >= 11 is 0. The zero-order valence-corrected chi connectivity index (χ0v) is 19.5. The van der Waals surface area contributed by atoms with Crippen molar-refractivity contribution in [1.82, 2.24) is 4.67 Å². The average molecular weight is 469 g/mol. The monoisotopic (exact) mass is 468 g/mol. The van der Waals surface area contributed by atoms with E-state index in [1.54, 1.807) is 12.1 Å². The van der Waals surface area contributed by atoms with Crippen molar-refractivity contribution in [2.75, 3.05) is 5.32 Å². The minimum absolute atomic E-state index is 0.223. The van der Waals surface area contributed by atoms with Gasteiger partial charge in [-0.25, -0.2) is 8.42 Å². The van der Waals surface area contributed by atoms with Crippen molar-refractivity contribution < 1.29 is 13.0 Å². The van der Waals surface area contributed by atoms with Gasteiger partial charge in [-0.15, -0.1) is 4.67 Å². The molecule has 0 aliphatic heterocycles. The molecule has 0 spiro atoms. The lowest BCUT2D eigenvalue weighted by atomic mass is 9.90. The molecular formula is C28H24N2O3S. The van der Waals surface area contributed by atoms with Gasteiger partial charge in [-0.05, 0) is 76.7 Å². The van der Waals surface area contributed by atoms with Crippen LogP contribution in [0.25, 0.3) is 5.57 Å². The van der Waals surface area contributed by atoms with Crippen molar-refractivity contribution in [3.8, 4) is 0 Å². The zero-order chi connectivity index (χ0) is 24.1. The third-order valence-electron chi connectivity index (χ3n) is 5.59. The molecule has 0 heterocycles. The summed E-state index contributed by atoms with van der Waals surface area (Å²) in [5.41, 5.74) is 7.88. The summed E-state index contributed by atoms with van der Waals surface area (Å²) < 4.78 is 37.9. The van der Waals surface area contributed by atoms with E-state index in [0.717, 1.165) is 39.2 Å². The Morgan fingerprint density at radius 1 is 0.912 bits per heavy atom. The third-order valence-corrected chi connectivity index (χ3v) is 6.42. The van der Waals surface area contributed by atoms with Crippen molar-refractivity contribution in [3.63, 3.8) is 0 Å². The van der Waals surface area contributed by atoms with Crippen LogP contribution in [0.5, 0.6) is 0 Å². The Morgan fingerprint density at radius 3 is 2.29 bits per heavy atom. The summed E-state index contributed by atoms with van der Waals surface area (Å²) in [6, 6.07) is 22.5. The fourth-order valence-electron chi connectivity index (χ4n) is 3.86. The smallest absolute Gasteiger partial charge is 0.326 e. The maximum atomic E-state index is 11.3. The van der Waals surface area contributed by atoms with Crippen LogP contribution in [0.4, 0.5) is 5.69 Å².